The van der Waals surface area contributed by atoms with Crippen molar-refractivity contribution in [3.8, 4) is 0 Å². The molecule has 0 fully saturated rings. The van der Waals surface area contributed by atoms with Gasteiger partial charge >= 0.3 is 5.97 Å². The van der Waals surface area contributed by atoms with Crippen LogP contribution in [0.5, 0.6) is 0 Å². The van der Waals surface area contributed by atoms with E-state index < -0.39 is 5.97 Å². The smallest absolute Gasteiger partial charge is 0.337 e. The third-order valence-corrected chi connectivity index (χ3v) is 2.66. The van der Waals surface area contributed by atoms with Gasteiger partial charge in [0.2, 0.25) is 5.91 Å². The van der Waals surface area contributed by atoms with Gasteiger partial charge in [0.25, 0.3) is 0 Å². The summed E-state index contributed by atoms with van der Waals surface area (Å²) in [5.41, 5.74) is 0.229. The van der Waals surface area contributed by atoms with E-state index in [1.165, 1.54) is 18.2 Å². The minimum Gasteiger partial charge on any atom is -0.478 e. The van der Waals surface area contributed by atoms with E-state index in [2.05, 4.69) is 10.6 Å². The summed E-state index contributed by atoms with van der Waals surface area (Å²) in [6, 6.07) is 4.32. The highest BCUT2D eigenvalue weighted by atomic mass is 35.5. The SMILES string of the molecule is CNCC(C)C(=O)Nc1ccc(Cl)cc1C(=O)O. The number of carboxylic acid groups (broad SMARTS) is 1. The first-order valence-corrected chi connectivity index (χ1v) is 5.81. The van der Waals surface area contributed by atoms with Gasteiger partial charge in [-0.15, -0.1) is 0 Å². The van der Waals surface area contributed by atoms with E-state index in [4.69, 9.17) is 16.7 Å². The predicted octanol–water partition coefficient (Wildman–Crippen LogP) is 1.83. The van der Waals surface area contributed by atoms with Crippen LogP contribution in [0.3, 0.4) is 0 Å². The number of carbonyl (C=O) groups excluding carboxylic acids is 1. The summed E-state index contributed by atoms with van der Waals surface area (Å²) in [6.45, 7) is 2.27. The number of carboxylic acids is 1. The first kappa shape index (κ1) is 14.5. The third-order valence-electron chi connectivity index (χ3n) is 2.43. The van der Waals surface area contributed by atoms with E-state index in [1.807, 2.05) is 0 Å². The summed E-state index contributed by atoms with van der Waals surface area (Å²) in [7, 11) is 1.74. The molecule has 1 aromatic carbocycles. The number of rotatable bonds is 5. The fourth-order valence-electron chi connectivity index (χ4n) is 1.46. The largest absolute Gasteiger partial charge is 0.478 e. The monoisotopic (exact) mass is 270 g/mol. The number of halogens is 1. The number of carbonyl (C=O) groups is 2. The average molecular weight is 271 g/mol. The van der Waals surface area contributed by atoms with E-state index in [1.54, 1.807) is 14.0 Å². The minimum absolute atomic E-state index is 0.0208. The Bertz CT molecular complexity index is 463. The number of hydrogen-bond acceptors (Lipinski definition) is 3. The fourth-order valence-corrected chi connectivity index (χ4v) is 1.63. The number of aromatic carboxylic acids is 1. The van der Waals surface area contributed by atoms with Crippen molar-refractivity contribution in [2.24, 2.45) is 5.92 Å². The summed E-state index contributed by atoms with van der Waals surface area (Å²) >= 11 is 5.72. The van der Waals surface area contributed by atoms with E-state index in [0.717, 1.165) is 0 Å². The summed E-state index contributed by atoms with van der Waals surface area (Å²) < 4.78 is 0. The van der Waals surface area contributed by atoms with Gasteiger partial charge in [-0.2, -0.15) is 0 Å². The Labute approximate surface area is 110 Å². The molecule has 0 bridgehead atoms. The molecule has 0 aliphatic heterocycles. The van der Waals surface area contributed by atoms with Crippen LogP contribution in [0.4, 0.5) is 5.69 Å². The standard InChI is InChI=1S/C12H15ClN2O3/c1-7(6-14-2)11(16)15-10-4-3-8(13)5-9(10)12(17)18/h3-5,7,14H,6H2,1-2H3,(H,15,16)(H,17,18). The second kappa shape index (κ2) is 6.37. The van der Waals surface area contributed by atoms with Gasteiger partial charge in [-0.05, 0) is 25.2 Å². The third kappa shape index (κ3) is 3.72. The lowest BCUT2D eigenvalue weighted by Gasteiger charge is -2.13. The summed E-state index contributed by atoms with van der Waals surface area (Å²) in [6.07, 6.45) is 0. The molecule has 3 N–H and O–H groups in total. The molecule has 1 atom stereocenters. The normalized spacial score (nSPS) is 11.9. The lowest BCUT2D eigenvalue weighted by atomic mass is 10.1. The molecule has 18 heavy (non-hydrogen) atoms. The molecule has 6 heteroatoms. The van der Waals surface area contributed by atoms with Crippen molar-refractivity contribution >= 4 is 29.2 Å². The van der Waals surface area contributed by atoms with Crippen molar-refractivity contribution in [1.82, 2.24) is 5.32 Å². The Morgan fingerprint density at radius 3 is 2.67 bits per heavy atom. The van der Waals surface area contributed by atoms with Crippen molar-refractivity contribution in [3.05, 3.63) is 28.8 Å². The van der Waals surface area contributed by atoms with Crippen LogP contribution in [0.2, 0.25) is 5.02 Å². The number of anilines is 1. The number of hydrogen-bond donors (Lipinski definition) is 3. The highest BCUT2D eigenvalue weighted by Gasteiger charge is 2.16. The van der Waals surface area contributed by atoms with Gasteiger partial charge in [-0.3, -0.25) is 4.79 Å². The first-order chi connectivity index (χ1) is 8.45. The Hall–Kier alpha value is -1.59. The lowest BCUT2D eigenvalue weighted by molar-refractivity contribution is -0.119. The van der Waals surface area contributed by atoms with Crippen LogP contribution < -0.4 is 10.6 Å². The molecule has 0 saturated carbocycles. The molecule has 98 valence electrons. The molecule has 5 nitrogen and oxygen atoms in total. The average Bonchev–Trinajstić information content (AvgIpc) is 2.31. The van der Waals surface area contributed by atoms with Crippen LogP contribution in [0.25, 0.3) is 0 Å². The minimum atomic E-state index is -1.13. The van der Waals surface area contributed by atoms with Gasteiger partial charge in [-0.25, -0.2) is 4.79 Å². The number of amides is 1. The van der Waals surface area contributed by atoms with Crippen LogP contribution >= 0.6 is 11.6 Å². The lowest BCUT2D eigenvalue weighted by Crippen LogP contribution is -2.29. The molecule has 0 aliphatic carbocycles. The maximum Gasteiger partial charge on any atom is 0.337 e. The van der Waals surface area contributed by atoms with Gasteiger partial charge in [0.05, 0.1) is 11.3 Å². The quantitative estimate of drug-likeness (QED) is 0.763. The Balaban J connectivity index is 2.90. The van der Waals surface area contributed by atoms with E-state index in [9.17, 15) is 9.59 Å². The van der Waals surface area contributed by atoms with Crippen LogP contribution in [-0.4, -0.2) is 30.6 Å². The Kier molecular flexibility index (Phi) is 5.12. The topological polar surface area (TPSA) is 78.4 Å². The van der Waals surface area contributed by atoms with Gasteiger partial charge in [0.15, 0.2) is 0 Å². The molecule has 0 heterocycles. The molecule has 1 aromatic rings. The molecule has 0 aromatic heterocycles. The van der Waals surface area contributed by atoms with E-state index in [-0.39, 0.29) is 23.1 Å². The van der Waals surface area contributed by atoms with Crippen molar-refractivity contribution in [3.63, 3.8) is 0 Å². The second-order valence-electron chi connectivity index (χ2n) is 3.94. The van der Waals surface area contributed by atoms with Gasteiger partial charge in [-0.1, -0.05) is 18.5 Å². The summed E-state index contributed by atoms with van der Waals surface area (Å²) in [5, 5.41) is 14.8. The molecule has 0 spiro atoms. The zero-order valence-corrected chi connectivity index (χ0v) is 10.9. The highest BCUT2D eigenvalue weighted by molar-refractivity contribution is 6.31. The molecule has 1 unspecified atom stereocenters. The van der Waals surface area contributed by atoms with Crippen LogP contribution in [0.15, 0.2) is 18.2 Å². The molecular formula is C12H15ClN2O3. The van der Waals surface area contributed by atoms with Gasteiger partial charge in [0, 0.05) is 17.5 Å². The predicted molar refractivity (Wildman–Crippen MR) is 70.1 cm³/mol. The van der Waals surface area contributed by atoms with Crippen molar-refractivity contribution < 1.29 is 14.7 Å². The number of nitrogens with one attached hydrogen (secondary N) is 2. The molecule has 0 saturated heterocycles. The van der Waals surface area contributed by atoms with Gasteiger partial charge < -0.3 is 15.7 Å². The van der Waals surface area contributed by atoms with E-state index in [0.29, 0.717) is 11.6 Å². The van der Waals surface area contributed by atoms with Crippen molar-refractivity contribution in [1.29, 1.82) is 0 Å². The highest BCUT2D eigenvalue weighted by Crippen LogP contribution is 2.21. The molecule has 1 amide bonds. The Morgan fingerprint density at radius 1 is 1.44 bits per heavy atom. The van der Waals surface area contributed by atoms with Gasteiger partial charge in [0.1, 0.15) is 0 Å². The van der Waals surface area contributed by atoms with Crippen LogP contribution in [0, 0.1) is 5.92 Å². The molecule has 0 radical (unpaired) electrons. The zero-order valence-electron chi connectivity index (χ0n) is 10.2. The van der Waals surface area contributed by atoms with Crippen molar-refractivity contribution in [2.45, 2.75) is 6.92 Å². The van der Waals surface area contributed by atoms with Crippen LogP contribution in [0.1, 0.15) is 17.3 Å². The maximum atomic E-state index is 11.8. The molecule has 0 aliphatic rings. The number of benzene rings is 1. The van der Waals surface area contributed by atoms with Crippen molar-refractivity contribution in [2.75, 3.05) is 18.9 Å². The Morgan fingerprint density at radius 2 is 2.11 bits per heavy atom. The molecular weight excluding hydrogens is 256 g/mol. The second-order valence-corrected chi connectivity index (χ2v) is 4.38. The maximum absolute atomic E-state index is 11.8. The zero-order chi connectivity index (χ0) is 13.7. The summed E-state index contributed by atoms with van der Waals surface area (Å²) in [4.78, 5) is 22.8. The molecule has 1 rings (SSSR count). The first-order valence-electron chi connectivity index (χ1n) is 5.44. The summed E-state index contributed by atoms with van der Waals surface area (Å²) in [5.74, 6) is -1.63. The van der Waals surface area contributed by atoms with Crippen LogP contribution in [-0.2, 0) is 4.79 Å². The fraction of sp³-hybridized carbons (Fsp3) is 0.333. The van der Waals surface area contributed by atoms with E-state index >= 15 is 0 Å².